The Hall–Kier alpha value is -3.10. The summed E-state index contributed by atoms with van der Waals surface area (Å²) in [6.45, 7) is 14.7. The van der Waals surface area contributed by atoms with Gasteiger partial charge in [-0.25, -0.2) is 4.79 Å². The molecule has 0 radical (unpaired) electrons. The number of rotatable bonds is 9. The van der Waals surface area contributed by atoms with Crippen molar-refractivity contribution in [1.82, 2.24) is 15.5 Å². The number of nitrogens with one attached hydrogen (secondary N) is 2. The lowest BCUT2D eigenvalue weighted by Gasteiger charge is -2.37. The van der Waals surface area contributed by atoms with Gasteiger partial charge in [-0.2, -0.15) is 0 Å². The topological polar surface area (TPSA) is 131 Å². The molecule has 0 spiro atoms. The fraction of sp³-hybridized carbons (Fsp3) is 0.630. The number of hydrogen-bond donors (Lipinski definition) is 3. The van der Waals surface area contributed by atoms with Crippen LogP contribution < -0.4 is 16.4 Å². The van der Waals surface area contributed by atoms with E-state index < -0.39 is 41.1 Å². The third kappa shape index (κ3) is 8.53. The molecule has 9 nitrogen and oxygen atoms in total. The molecule has 2 rings (SSSR count). The lowest BCUT2D eigenvalue weighted by atomic mass is 9.94. The van der Waals surface area contributed by atoms with Crippen molar-refractivity contribution in [1.29, 1.82) is 0 Å². The molecule has 1 aromatic carbocycles. The third-order valence-electron chi connectivity index (χ3n) is 5.83. The number of hydrogen-bond acceptors (Lipinski definition) is 5. The second-order valence-corrected chi connectivity index (χ2v) is 11.6. The Morgan fingerprint density at radius 3 is 2.19 bits per heavy atom. The SMILES string of the molecule is Cc1cccc(C(C(=O)NC(C)(C)C)N(C(=O)C(CCC(N)=O)NC(=O)OC(C)(C)C)C2CC2)c1C. The Bertz CT molecular complexity index is 989. The number of benzene rings is 1. The van der Waals surface area contributed by atoms with E-state index in [1.54, 1.807) is 25.7 Å². The van der Waals surface area contributed by atoms with E-state index in [9.17, 15) is 19.2 Å². The van der Waals surface area contributed by atoms with Crippen molar-refractivity contribution in [3.05, 3.63) is 34.9 Å². The van der Waals surface area contributed by atoms with Crippen LogP contribution >= 0.6 is 0 Å². The first-order chi connectivity index (χ1) is 16.5. The van der Waals surface area contributed by atoms with E-state index >= 15 is 0 Å². The van der Waals surface area contributed by atoms with Crippen LogP contribution in [0.1, 0.15) is 90.0 Å². The highest BCUT2D eigenvalue weighted by atomic mass is 16.6. The number of primary amides is 1. The minimum atomic E-state index is -1.08. The molecule has 4 amide bonds. The van der Waals surface area contributed by atoms with Crippen molar-refractivity contribution in [2.45, 2.75) is 110 Å². The summed E-state index contributed by atoms with van der Waals surface area (Å²) in [4.78, 5) is 53.5. The molecule has 9 heteroatoms. The zero-order valence-corrected chi connectivity index (χ0v) is 22.9. The molecule has 36 heavy (non-hydrogen) atoms. The van der Waals surface area contributed by atoms with Gasteiger partial charge in [0.2, 0.25) is 17.7 Å². The molecule has 2 unspecified atom stereocenters. The minimum Gasteiger partial charge on any atom is -0.444 e. The van der Waals surface area contributed by atoms with Gasteiger partial charge in [-0.05, 0) is 91.3 Å². The summed E-state index contributed by atoms with van der Waals surface area (Å²) < 4.78 is 5.36. The monoisotopic (exact) mass is 502 g/mol. The van der Waals surface area contributed by atoms with Gasteiger partial charge in [-0.3, -0.25) is 14.4 Å². The Balaban J connectivity index is 2.52. The zero-order chi connectivity index (χ0) is 27.4. The molecule has 4 N–H and O–H groups in total. The van der Waals surface area contributed by atoms with Crippen molar-refractivity contribution < 1.29 is 23.9 Å². The first-order valence-corrected chi connectivity index (χ1v) is 12.5. The number of nitrogens with two attached hydrogens (primary N) is 1. The number of aryl methyl sites for hydroxylation is 1. The van der Waals surface area contributed by atoms with Gasteiger partial charge in [0, 0.05) is 18.0 Å². The van der Waals surface area contributed by atoms with Crippen LogP contribution in [0.5, 0.6) is 0 Å². The number of ether oxygens (including phenoxy) is 1. The molecule has 1 aliphatic rings. The molecule has 200 valence electrons. The Kier molecular flexibility index (Phi) is 9.15. The number of nitrogens with zero attached hydrogens (tertiary/aromatic N) is 1. The van der Waals surface area contributed by atoms with Crippen LogP contribution in [0.3, 0.4) is 0 Å². The van der Waals surface area contributed by atoms with Gasteiger partial charge in [0.15, 0.2) is 0 Å². The Morgan fingerprint density at radius 2 is 1.69 bits per heavy atom. The maximum absolute atomic E-state index is 14.0. The largest absolute Gasteiger partial charge is 0.444 e. The van der Waals surface area contributed by atoms with Crippen molar-refractivity contribution in [2.75, 3.05) is 0 Å². The van der Waals surface area contributed by atoms with Crippen LogP contribution in [0.25, 0.3) is 0 Å². The molecule has 1 aromatic rings. The van der Waals surface area contributed by atoms with E-state index in [-0.39, 0.29) is 24.8 Å². The summed E-state index contributed by atoms with van der Waals surface area (Å²) in [5.41, 5.74) is 6.70. The van der Waals surface area contributed by atoms with Gasteiger partial charge in [0.05, 0.1) is 0 Å². The summed E-state index contributed by atoms with van der Waals surface area (Å²) in [5.74, 6) is -1.34. The fourth-order valence-corrected chi connectivity index (χ4v) is 3.97. The minimum absolute atomic E-state index is 0.00294. The van der Waals surface area contributed by atoms with Crippen molar-refractivity contribution in [3.8, 4) is 0 Å². The van der Waals surface area contributed by atoms with E-state index in [0.29, 0.717) is 0 Å². The van der Waals surface area contributed by atoms with Crippen molar-refractivity contribution >= 4 is 23.8 Å². The molecule has 0 heterocycles. The fourth-order valence-electron chi connectivity index (χ4n) is 3.97. The smallest absolute Gasteiger partial charge is 0.408 e. The lowest BCUT2D eigenvalue weighted by Crippen LogP contribution is -2.55. The summed E-state index contributed by atoms with van der Waals surface area (Å²) in [6.07, 6.45) is 0.600. The second-order valence-electron chi connectivity index (χ2n) is 11.6. The molecule has 0 bridgehead atoms. The molecule has 2 atom stereocenters. The highest BCUT2D eigenvalue weighted by Gasteiger charge is 2.45. The van der Waals surface area contributed by atoms with Gasteiger partial charge >= 0.3 is 6.09 Å². The third-order valence-corrected chi connectivity index (χ3v) is 5.83. The van der Waals surface area contributed by atoms with Gasteiger partial charge < -0.3 is 26.0 Å². The van der Waals surface area contributed by atoms with Crippen molar-refractivity contribution in [3.63, 3.8) is 0 Å². The van der Waals surface area contributed by atoms with Gasteiger partial charge in [-0.15, -0.1) is 0 Å². The lowest BCUT2D eigenvalue weighted by molar-refractivity contribution is -0.144. The molecule has 0 aromatic heterocycles. The number of carbonyl (C=O) groups is 4. The highest BCUT2D eigenvalue weighted by Crippen LogP contribution is 2.37. The summed E-state index contributed by atoms with van der Waals surface area (Å²) in [5, 5.41) is 5.64. The van der Waals surface area contributed by atoms with Crippen LogP contribution in [0.15, 0.2) is 18.2 Å². The molecule has 0 saturated heterocycles. The molecular weight excluding hydrogens is 460 g/mol. The molecule has 1 saturated carbocycles. The highest BCUT2D eigenvalue weighted by molar-refractivity contribution is 5.93. The number of alkyl carbamates (subject to hydrolysis) is 1. The van der Waals surface area contributed by atoms with E-state index in [1.807, 2.05) is 52.8 Å². The summed E-state index contributed by atoms with van der Waals surface area (Å²) >= 11 is 0. The molecule has 0 aliphatic heterocycles. The predicted octanol–water partition coefficient (Wildman–Crippen LogP) is 3.41. The Morgan fingerprint density at radius 1 is 1.08 bits per heavy atom. The van der Waals surface area contributed by atoms with Gasteiger partial charge in [0.25, 0.3) is 0 Å². The predicted molar refractivity (Wildman–Crippen MR) is 138 cm³/mol. The quantitative estimate of drug-likeness (QED) is 0.476. The average Bonchev–Trinajstić information content (AvgIpc) is 3.53. The molecule has 1 aliphatic carbocycles. The van der Waals surface area contributed by atoms with Crippen LogP contribution in [0, 0.1) is 13.8 Å². The van der Waals surface area contributed by atoms with Crippen LogP contribution in [-0.2, 0) is 19.1 Å². The van der Waals surface area contributed by atoms with Crippen LogP contribution in [0.4, 0.5) is 4.79 Å². The van der Waals surface area contributed by atoms with E-state index in [4.69, 9.17) is 10.5 Å². The van der Waals surface area contributed by atoms with Crippen LogP contribution in [0.2, 0.25) is 0 Å². The number of carbonyl (C=O) groups excluding carboxylic acids is 4. The normalized spacial score (nSPS) is 15.4. The first-order valence-electron chi connectivity index (χ1n) is 12.5. The number of amides is 4. The summed E-state index contributed by atoms with van der Waals surface area (Å²) in [7, 11) is 0. The maximum Gasteiger partial charge on any atom is 0.408 e. The van der Waals surface area contributed by atoms with Gasteiger partial charge in [-0.1, -0.05) is 18.2 Å². The van der Waals surface area contributed by atoms with Crippen LogP contribution in [-0.4, -0.2) is 51.9 Å². The second kappa shape index (κ2) is 11.3. The van der Waals surface area contributed by atoms with E-state index in [0.717, 1.165) is 29.5 Å². The van der Waals surface area contributed by atoms with Crippen molar-refractivity contribution in [2.24, 2.45) is 5.73 Å². The zero-order valence-electron chi connectivity index (χ0n) is 22.9. The Labute approximate surface area is 214 Å². The van der Waals surface area contributed by atoms with Gasteiger partial charge in [0.1, 0.15) is 17.7 Å². The van der Waals surface area contributed by atoms with E-state index in [2.05, 4.69) is 10.6 Å². The maximum atomic E-state index is 14.0. The summed E-state index contributed by atoms with van der Waals surface area (Å²) in [6, 6.07) is 3.54. The van der Waals surface area contributed by atoms with E-state index in [1.165, 1.54) is 0 Å². The first kappa shape index (κ1) is 29.1. The molecular formula is C27H42N4O5. The molecule has 1 fully saturated rings. The standard InChI is InChI=1S/C27H42N4O5/c1-16-10-9-11-19(17(16)2)22(23(33)30-26(3,4)5)31(18-12-13-18)24(34)20(14-15-21(28)32)29-25(35)36-27(6,7)8/h9-11,18,20,22H,12-15H2,1-8H3,(H2,28,32)(H,29,35)(H,30,33). The average molecular weight is 503 g/mol.